The number of nitrogens with one attached hydrogen (secondary N) is 1. The molecule has 0 spiro atoms. The van der Waals surface area contributed by atoms with Gasteiger partial charge in [-0.1, -0.05) is 17.7 Å². The molecule has 1 aliphatic heterocycles. The van der Waals surface area contributed by atoms with Gasteiger partial charge in [-0.15, -0.1) is 0 Å². The molecule has 0 unspecified atom stereocenters. The third-order valence-corrected chi connectivity index (χ3v) is 5.03. The standard InChI is InChI=1S/C18H18ClFN4O2S/c19-16-11-13(1-6-17(16)20)12-22-7-9-23(10-8-22)18(27)21-14-2-4-15(5-3-14)24(25)26/h1-6,11H,7-10,12H2,(H,21,27). The van der Waals surface area contributed by atoms with Gasteiger partial charge in [-0.25, -0.2) is 4.39 Å². The van der Waals surface area contributed by atoms with Gasteiger partial charge in [0.1, 0.15) is 5.82 Å². The molecular weight excluding hydrogens is 391 g/mol. The quantitative estimate of drug-likeness (QED) is 0.470. The summed E-state index contributed by atoms with van der Waals surface area (Å²) in [6, 6.07) is 10.9. The predicted octanol–water partition coefficient (Wildman–Crippen LogP) is 3.90. The van der Waals surface area contributed by atoms with Crippen molar-refractivity contribution in [3.63, 3.8) is 0 Å². The molecular formula is C18H18ClFN4O2S. The number of rotatable bonds is 4. The molecule has 0 radical (unpaired) electrons. The lowest BCUT2D eigenvalue weighted by Crippen LogP contribution is -2.49. The Labute approximate surface area is 166 Å². The van der Waals surface area contributed by atoms with Crippen LogP contribution < -0.4 is 5.32 Å². The van der Waals surface area contributed by atoms with E-state index in [1.165, 1.54) is 18.2 Å². The van der Waals surface area contributed by atoms with Crippen LogP contribution in [0.5, 0.6) is 0 Å². The molecule has 27 heavy (non-hydrogen) atoms. The molecule has 6 nitrogen and oxygen atoms in total. The van der Waals surface area contributed by atoms with Gasteiger partial charge >= 0.3 is 0 Å². The van der Waals surface area contributed by atoms with Crippen LogP contribution in [0.1, 0.15) is 5.56 Å². The van der Waals surface area contributed by atoms with Crippen molar-refractivity contribution in [2.75, 3.05) is 31.5 Å². The molecule has 3 rings (SSSR count). The Morgan fingerprint density at radius 1 is 1.19 bits per heavy atom. The van der Waals surface area contributed by atoms with Crippen molar-refractivity contribution >= 4 is 40.3 Å². The maximum atomic E-state index is 13.3. The van der Waals surface area contributed by atoms with E-state index in [0.717, 1.165) is 31.7 Å². The first-order chi connectivity index (χ1) is 12.9. The molecule has 1 fully saturated rings. The van der Waals surface area contributed by atoms with Crippen molar-refractivity contribution in [2.24, 2.45) is 0 Å². The van der Waals surface area contributed by atoms with Crippen molar-refractivity contribution in [1.29, 1.82) is 0 Å². The van der Waals surface area contributed by atoms with Gasteiger partial charge < -0.3 is 10.2 Å². The van der Waals surface area contributed by atoms with E-state index < -0.39 is 10.7 Å². The first-order valence-corrected chi connectivity index (χ1v) is 9.17. The summed E-state index contributed by atoms with van der Waals surface area (Å²) in [7, 11) is 0. The Kier molecular flexibility index (Phi) is 6.20. The Hall–Kier alpha value is -2.29. The summed E-state index contributed by atoms with van der Waals surface area (Å²) >= 11 is 11.3. The van der Waals surface area contributed by atoms with E-state index in [2.05, 4.69) is 15.1 Å². The Morgan fingerprint density at radius 3 is 2.44 bits per heavy atom. The van der Waals surface area contributed by atoms with Crippen LogP contribution in [0, 0.1) is 15.9 Å². The largest absolute Gasteiger partial charge is 0.346 e. The number of halogens is 2. The minimum absolute atomic E-state index is 0.0426. The van der Waals surface area contributed by atoms with Gasteiger partial charge in [-0.05, 0) is 42.0 Å². The number of nitro benzene ring substituents is 1. The van der Waals surface area contributed by atoms with E-state index in [9.17, 15) is 14.5 Å². The van der Waals surface area contributed by atoms with E-state index in [1.54, 1.807) is 24.3 Å². The lowest BCUT2D eigenvalue weighted by molar-refractivity contribution is -0.384. The first kappa shape index (κ1) is 19.5. The highest BCUT2D eigenvalue weighted by molar-refractivity contribution is 7.80. The molecule has 0 amide bonds. The molecule has 2 aromatic carbocycles. The van der Waals surface area contributed by atoms with Gasteiger partial charge in [0.25, 0.3) is 5.69 Å². The van der Waals surface area contributed by atoms with Crippen LogP contribution in [-0.2, 0) is 6.54 Å². The highest BCUT2D eigenvalue weighted by Crippen LogP contribution is 2.19. The van der Waals surface area contributed by atoms with Gasteiger partial charge in [0.2, 0.25) is 0 Å². The zero-order valence-electron chi connectivity index (χ0n) is 14.4. The lowest BCUT2D eigenvalue weighted by atomic mass is 10.2. The van der Waals surface area contributed by atoms with Crippen LogP contribution in [0.25, 0.3) is 0 Å². The van der Waals surface area contributed by atoms with Crippen LogP contribution in [0.4, 0.5) is 15.8 Å². The van der Waals surface area contributed by atoms with Gasteiger partial charge in [-0.3, -0.25) is 15.0 Å². The molecule has 0 aromatic heterocycles. The fraction of sp³-hybridized carbons (Fsp3) is 0.278. The average Bonchev–Trinajstić information content (AvgIpc) is 2.66. The van der Waals surface area contributed by atoms with E-state index >= 15 is 0 Å². The fourth-order valence-corrected chi connectivity index (χ4v) is 3.38. The zero-order valence-corrected chi connectivity index (χ0v) is 16.0. The summed E-state index contributed by atoms with van der Waals surface area (Å²) in [5, 5.41) is 14.5. The molecule has 2 aromatic rings. The number of non-ortho nitro benzene ring substituents is 1. The topological polar surface area (TPSA) is 61.7 Å². The number of piperazine rings is 1. The Balaban J connectivity index is 1.50. The molecule has 1 saturated heterocycles. The normalized spacial score (nSPS) is 14.8. The molecule has 0 saturated carbocycles. The number of thiocarbonyl (C=S) groups is 1. The molecule has 1 heterocycles. The maximum Gasteiger partial charge on any atom is 0.269 e. The Morgan fingerprint density at radius 2 is 1.85 bits per heavy atom. The number of nitro groups is 1. The fourth-order valence-electron chi connectivity index (χ4n) is 2.87. The monoisotopic (exact) mass is 408 g/mol. The van der Waals surface area contributed by atoms with E-state index in [-0.39, 0.29) is 10.7 Å². The predicted molar refractivity (Wildman–Crippen MR) is 108 cm³/mol. The summed E-state index contributed by atoms with van der Waals surface area (Å²) in [5.74, 6) is -0.409. The number of hydrogen-bond acceptors (Lipinski definition) is 4. The minimum atomic E-state index is -0.435. The third kappa shape index (κ3) is 5.12. The van der Waals surface area contributed by atoms with Crippen LogP contribution in [0.3, 0.4) is 0 Å². The molecule has 0 bridgehead atoms. The summed E-state index contributed by atoms with van der Waals surface area (Å²) < 4.78 is 13.3. The smallest absolute Gasteiger partial charge is 0.269 e. The second-order valence-electron chi connectivity index (χ2n) is 6.25. The number of anilines is 1. The maximum absolute atomic E-state index is 13.3. The lowest BCUT2D eigenvalue weighted by Gasteiger charge is -2.36. The molecule has 1 aliphatic rings. The van der Waals surface area contributed by atoms with E-state index in [1.807, 2.05) is 0 Å². The molecule has 0 aliphatic carbocycles. The summed E-state index contributed by atoms with van der Waals surface area (Å²) in [4.78, 5) is 14.6. The van der Waals surface area contributed by atoms with Gasteiger partial charge in [0.05, 0.1) is 9.95 Å². The second-order valence-corrected chi connectivity index (χ2v) is 7.04. The van der Waals surface area contributed by atoms with Crippen LogP contribution in [-0.4, -0.2) is 46.0 Å². The number of nitrogens with zero attached hydrogens (tertiary/aromatic N) is 3. The van der Waals surface area contributed by atoms with Crippen LogP contribution >= 0.6 is 23.8 Å². The van der Waals surface area contributed by atoms with Crippen molar-refractivity contribution in [3.05, 3.63) is 69.0 Å². The van der Waals surface area contributed by atoms with Gasteiger partial charge in [0.15, 0.2) is 5.11 Å². The summed E-state index contributed by atoms with van der Waals surface area (Å²) in [6.07, 6.45) is 0. The average molecular weight is 409 g/mol. The Bertz CT molecular complexity index is 842. The van der Waals surface area contributed by atoms with Gasteiger partial charge in [0, 0.05) is 50.5 Å². The molecule has 0 atom stereocenters. The number of benzene rings is 2. The van der Waals surface area contributed by atoms with E-state index in [0.29, 0.717) is 17.3 Å². The highest BCUT2D eigenvalue weighted by atomic mass is 35.5. The molecule has 142 valence electrons. The third-order valence-electron chi connectivity index (χ3n) is 4.38. The molecule has 9 heteroatoms. The SMILES string of the molecule is O=[N+]([O-])c1ccc(NC(=S)N2CCN(Cc3ccc(F)c(Cl)c3)CC2)cc1. The summed E-state index contributed by atoms with van der Waals surface area (Å²) in [5.41, 5.74) is 1.73. The zero-order chi connectivity index (χ0) is 19.4. The van der Waals surface area contributed by atoms with Gasteiger partial charge in [-0.2, -0.15) is 0 Å². The van der Waals surface area contributed by atoms with Crippen molar-refractivity contribution in [2.45, 2.75) is 6.54 Å². The molecule has 1 N–H and O–H groups in total. The second kappa shape index (κ2) is 8.60. The van der Waals surface area contributed by atoms with Crippen LogP contribution in [0.15, 0.2) is 42.5 Å². The van der Waals surface area contributed by atoms with Crippen molar-refractivity contribution in [1.82, 2.24) is 9.80 Å². The minimum Gasteiger partial charge on any atom is -0.346 e. The first-order valence-electron chi connectivity index (χ1n) is 8.39. The van der Waals surface area contributed by atoms with Crippen molar-refractivity contribution in [3.8, 4) is 0 Å². The number of hydrogen-bond donors (Lipinski definition) is 1. The van der Waals surface area contributed by atoms with Crippen LogP contribution in [0.2, 0.25) is 5.02 Å². The highest BCUT2D eigenvalue weighted by Gasteiger charge is 2.19. The van der Waals surface area contributed by atoms with E-state index in [4.69, 9.17) is 23.8 Å². The summed E-state index contributed by atoms with van der Waals surface area (Å²) in [6.45, 7) is 3.85. The van der Waals surface area contributed by atoms with Crippen molar-refractivity contribution < 1.29 is 9.31 Å².